The van der Waals surface area contributed by atoms with Gasteiger partial charge in [-0.05, 0) is 33.2 Å². The molecule has 2 atom stereocenters. The van der Waals surface area contributed by atoms with E-state index < -0.39 is 0 Å². The zero-order valence-electron chi connectivity index (χ0n) is 12.2. The molecule has 0 amide bonds. The van der Waals surface area contributed by atoms with Crippen molar-refractivity contribution < 1.29 is 4.74 Å². The second-order valence-corrected chi connectivity index (χ2v) is 6.57. The highest BCUT2D eigenvalue weighted by molar-refractivity contribution is 7.11. The van der Waals surface area contributed by atoms with E-state index in [1.165, 1.54) is 35.7 Å². The Labute approximate surface area is 120 Å². The van der Waals surface area contributed by atoms with Gasteiger partial charge in [-0.3, -0.25) is 4.90 Å². The van der Waals surface area contributed by atoms with E-state index in [1.54, 1.807) is 18.4 Å². The van der Waals surface area contributed by atoms with Gasteiger partial charge in [-0.2, -0.15) is 0 Å². The number of nitrogens with zero attached hydrogens (tertiary/aromatic N) is 2. The van der Waals surface area contributed by atoms with E-state index in [-0.39, 0.29) is 6.04 Å². The number of rotatable bonds is 5. The Morgan fingerprint density at radius 2 is 2.32 bits per heavy atom. The van der Waals surface area contributed by atoms with Crippen LogP contribution in [-0.4, -0.2) is 29.6 Å². The molecule has 0 aromatic carbocycles. The number of thiazole rings is 1. The van der Waals surface area contributed by atoms with Gasteiger partial charge in [0.1, 0.15) is 5.01 Å². The van der Waals surface area contributed by atoms with Crippen LogP contribution in [0, 0.1) is 0 Å². The van der Waals surface area contributed by atoms with Gasteiger partial charge in [0.25, 0.3) is 0 Å². The molecule has 2 N–H and O–H groups in total. The highest BCUT2D eigenvalue weighted by atomic mass is 32.1. The van der Waals surface area contributed by atoms with E-state index in [1.807, 2.05) is 6.92 Å². The Hall–Kier alpha value is -0.490. The van der Waals surface area contributed by atoms with Crippen LogP contribution in [0.5, 0.6) is 0 Å². The van der Waals surface area contributed by atoms with E-state index in [4.69, 9.17) is 15.5 Å². The zero-order chi connectivity index (χ0) is 13.8. The summed E-state index contributed by atoms with van der Waals surface area (Å²) in [7, 11) is 1.71. The summed E-state index contributed by atoms with van der Waals surface area (Å²) in [6.45, 7) is 7.03. The number of hydrogen-bond donors (Lipinski definition) is 1. The predicted molar refractivity (Wildman–Crippen MR) is 79.2 cm³/mol. The number of aromatic nitrogens is 1. The van der Waals surface area contributed by atoms with Crippen LogP contribution in [0.25, 0.3) is 0 Å². The molecular weight excluding hydrogens is 258 g/mol. The number of hydrogen-bond acceptors (Lipinski definition) is 5. The minimum absolute atomic E-state index is 0.0372. The molecule has 2 heterocycles. The first kappa shape index (κ1) is 14.9. The molecule has 0 saturated carbocycles. The third kappa shape index (κ3) is 3.75. The maximum Gasteiger partial charge on any atom is 0.107 e. The second kappa shape index (κ2) is 6.79. The Kier molecular flexibility index (Phi) is 5.33. The Balaban J connectivity index is 2.09. The molecule has 0 spiro atoms. The molecule has 1 aromatic heterocycles. The second-order valence-electron chi connectivity index (χ2n) is 5.46. The number of likely N-dealkylation sites (tertiary alicyclic amines) is 1. The van der Waals surface area contributed by atoms with E-state index in [2.05, 4.69) is 11.8 Å². The third-order valence-electron chi connectivity index (χ3n) is 3.75. The van der Waals surface area contributed by atoms with Crippen LogP contribution >= 0.6 is 11.3 Å². The first-order valence-corrected chi connectivity index (χ1v) is 7.90. The van der Waals surface area contributed by atoms with Crippen LogP contribution in [-0.2, 0) is 17.9 Å². The average Bonchev–Trinajstić information content (AvgIpc) is 2.76. The molecule has 4 nitrogen and oxygen atoms in total. The molecule has 1 aromatic rings. The SMILES string of the molecule is COCc1nc(CN2CCCCC2C)sc1C(C)N. The molecule has 1 fully saturated rings. The first-order valence-electron chi connectivity index (χ1n) is 7.09. The summed E-state index contributed by atoms with van der Waals surface area (Å²) < 4.78 is 5.22. The molecule has 19 heavy (non-hydrogen) atoms. The molecule has 2 unspecified atom stereocenters. The van der Waals surface area contributed by atoms with Crippen molar-refractivity contribution >= 4 is 11.3 Å². The largest absolute Gasteiger partial charge is 0.378 e. The van der Waals surface area contributed by atoms with Gasteiger partial charge in [0.15, 0.2) is 0 Å². The fraction of sp³-hybridized carbons (Fsp3) is 0.786. The van der Waals surface area contributed by atoms with Crippen LogP contribution < -0.4 is 5.73 Å². The minimum Gasteiger partial charge on any atom is -0.378 e. The van der Waals surface area contributed by atoms with E-state index in [9.17, 15) is 0 Å². The topological polar surface area (TPSA) is 51.4 Å². The summed E-state index contributed by atoms with van der Waals surface area (Å²) in [6, 6.07) is 0.706. The average molecular weight is 283 g/mol. The van der Waals surface area contributed by atoms with Crippen molar-refractivity contribution in [2.75, 3.05) is 13.7 Å². The predicted octanol–water partition coefficient (Wildman–Crippen LogP) is 2.68. The summed E-state index contributed by atoms with van der Waals surface area (Å²) in [5.74, 6) is 0. The molecule has 108 valence electrons. The quantitative estimate of drug-likeness (QED) is 0.902. The summed E-state index contributed by atoms with van der Waals surface area (Å²) in [4.78, 5) is 8.42. The number of nitrogens with two attached hydrogens (primary N) is 1. The maximum absolute atomic E-state index is 6.02. The van der Waals surface area contributed by atoms with Gasteiger partial charge in [0.05, 0.1) is 18.8 Å². The minimum atomic E-state index is 0.0372. The Bertz CT molecular complexity index is 405. The van der Waals surface area contributed by atoms with Crippen LogP contribution in [0.3, 0.4) is 0 Å². The highest BCUT2D eigenvalue weighted by Gasteiger charge is 2.21. The van der Waals surface area contributed by atoms with Crippen molar-refractivity contribution in [2.24, 2.45) is 5.73 Å². The summed E-state index contributed by atoms with van der Waals surface area (Å²) in [6.07, 6.45) is 3.97. The molecule has 0 bridgehead atoms. The van der Waals surface area contributed by atoms with E-state index >= 15 is 0 Å². The van der Waals surface area contributed by atoms with Gasteiger partial charge in [-0.25, -0.2) is 4.98 Å². The van der Waals surface area contributed by atoms with Gasteiger partial charge in [-0.1, -0.05) is 6.42 Å². The molecule has 5 heteroatoms. The van der Waals surface area contributed by atoms with Crippen LogP contribution in [0.2, 0.25) is 0 Å². The highest BCUT2D eigenvalue weighted by Crippen LogP contribution is 2.27. The van der Waals surface area contributed by atoms with Gasteiger partial charge < -0.3 is 10.5 Å². The first-order chi connectivity index (χ1) is 9.11. The van der Waals surface area contributed by atoms with Gasteiger partial charge in [0, 0.05) is 24.1 Å². The van der Waals surface area contributed by atoms with Crippen molar-refractivity contribution in [3.05, 3.63) is 15.6 Å². The lowest BCUT2D eigenvalue weighted by Crippen LogP contribution is -2.36. The molecule has 1 aliphatic heterocycles. The lowest BCUT2D eigenvalue weighted by atomic mass is 10.0. The number of ether oxygens (including phenoxy) is 1. The molecule has 2 rings (SSSR count). The van der Waals surface area contributed by atoms with Crippen molar-refractivity contribution in [2.45, 2.75) is 58.3 Å². The molecule has 1 aliphatic rings. The monoisotopic (exact) mass is 283 g/mol. The van der Waals surface area contributed by atoms with Crippen molar-refractivity contribution in [1.82, 2.24) is 9.88 Å². The number of piperidine rings is 1. The number of methoxy groups -OCH3 is 1. The zero-order valence-corrected chi connectivity index (χ0v) is 13.0. The van der Waals surface area contributed by atoms with Crippen molar-refractivity contribution in [3.63, 3.8) is 0 Å². The van der Waals surface area contributed by atoms with Gasteiger partial charge in [-0.15, -0.1) is 11.3 Å². The Morgan fingerprint density at radius 1 is 1.53 bits per heavy atom. The third-order valence-corrected chi connectivity index (χ3v) is 5.03. The fourth-order valence-electron chi connectivity index (χ4n) is 2.64. The normalized spacial score (nSPS) is 22.6. The van der Waals surface area contributed by atoms with Crippen LogP contribution in [0.1, 0.15) is 54.7 Å². The standard InChI is InChI=1S/C14H25N3OS/c1-10-6-4-5-7-17(10)8-13-16-12(9-18-3)14(19-13)11(2)15/h10-11H,4-9,15H2,1-3H3. The Morgan fingerprint density at radius 3 is 2.95 bits per heavy atom. The molecular formula is C14H25N3OS. The van der Waals surface area contributed by atoms with E-state index in [0.29, 0.717) is 12.6 Å². The maximum atomic E-state index is 6.02. The fourth-order valence-corrected chi connectivity index (χ4v) is 3.69. The lowest BCUT2D eigenvalue weighted by molar-refractivity contribution is 0.151. The summed E-state index contributed by atoms with van der Waals surface area (Å²) in [5.41, 5.74) is 7.04. The summed E-state index contributed by atoms with van der Waals surface area (Å²) in [5, 5.41) is 1.17. The molecule has 0 aliphatic carbocycles. The molecule has 1 saturated heterocycles. The smallest absolute Gasteiger partial charge is 0.107 e. The molecule has 0 radical (unpaired) electrons. The van der Waals surface area contributed by atoms with Crippen LogP contribution in [0.4, 0.5) is 0 Å². The lowest BCUT2D eigenvalue weighted by Gasteiger charge is -2.32. The van der Waals surface area contributed by atoms with Crippen molar-refractivity contribution in [1.29, 1.82) is 0 Å². The van der Waals surface area contributed by atoms with Crippen molar-refractivity contribution in [3.8, 4) is 0 Å². The summed E-state index contributed by atoms with van der Waals surface area (Å²) >= 11 is 1.75. The van der Waals surface area contributed by atoms with E-state index in [0.717, 1.165) is 12.2 Å². The van der Waals surface area contributed by atoms with Gasteiger partial charge >= 0.3 is 0 Å². The van der Waals surface area contributed by atoms with Gasteiger partial charge in [0.2, 0.25) is 0 Å². The van der Waals surface area contributed by atoms with Crippen LogP contribution in [0.15, 0.2) is 0 Å².